The van der Waals surface area contributed by atoms with E-state index >= 15 is 0 Å². The highest BCUT2D eigenvalue weighted by Gasteiger charge is 2.13. The van der Waals surface area contributed by atoms with Crippen LogP contribution >= 0.6 is 0 Å². The van der Waals surface area contributed by atoms with Crippen molar-refractivity contribution in [1.82, 2.24) is 0 Å². The number of furan rings is 1. The molecule has 1 aromatic heterocycles. The summed E-state index contributed by atoms with van der Waals surface area (Å²) >= 11 is 0. The molecule has 0 aliphatic rings. The van der Waals surface area contributed by atoms with Gasteiger partial charge in [-0.25, -0.2) is 4.79 Å². The van der Waals surface area contributed by atoms with Crippen LogP contribution in [0.5, 0.6) is 0 Å². The van der Waals surface area contributed by atoms with Gasteiger partial charge in [0.25, 0.3) is 0 Å². The van der Waals surface area contributed by atoms with Gasteiger partial charge in [0.1, 0.15) is 17.1 Å². The highest BCUT2D eigenvalue weighted by Crippen LogP contribution is 2.17. The molecular formula is C15H17NO4. The van der Waals surface area contributed by atoms with Crippen molar-refractivity contribution in [3.8, 4) is 0 Å². The van der Waals surface area contributed by atoms with Gasteiger partial charge in [-0.2, -0.15) is 0 Å². The van der Waals surface area contributed by atoms with Crippen LogP contribution in [0.3, 0.4) is 0 Å². The molecule has 5 heteroatoms. The van der Waals surface area contributed by atoms with E-state index in [2.05, 4.69) is 5.32 Å². The SMILES string of the molecule is COCc1cccc(NCc2cc(C(=O)O)c(C)o2)c1. The van der Waals surface area contributed by atoms with Crippen molar-refractivity contribution in [2.24, 2.45) is 0 Å². The number of ether oxygens (including phenoxy) is 1. The zero-order valence-corrected chi connectivity index (χ0v) is 11.5. The van der Waals surface area contributed by atoms with Crippen molar-refractivity contribution in [1.29, 1.82) is 0 Å². The smallest absolute Gasteiger partial charge is 0.339 e. The fourth-order valence-corrected chi connectivity index (χ4v) is 1.97. The molecule has 2 aromatic rings. The lowest BCUT2D eigenvalue weighted by atomic mass is 10.2. The number of hydrogen-bond acceptors (Lipinski definition) is 4. The van der Waals surface area contributed by atoms with Crippen molar-refractivity contribution in [3.63, 3.8) is 0 Å². The molecule has 2 N–H and O–H groups in total. The summed E-state index contributed by atoms with van der Waals surface area (Å²) in [6.07, 6.45) is 0. The maximum Gasteiger partial charge on any atom is 0.339 e. The number of carboxylic acids is 1. The fraction of sp³-hybridized carbons (Fsp3) is 0.267. The van der Waals surface area contributed by atoms with Gasteiger partial charge in [0.05, 0.1) is 13.2 Å². The summed E-state index contributed by atoms with van der Waals surface area (Å²) in [6, 6.07) is 9.38. The zero-order valence-electron chi connectivity index (χ0n) is 11.5. The standard InChI is InChI=1S/C15H17NO4/c1-10-14(15(17)18)7-13(20-10)8-16-12-5-3-4-11(6-12)9-19-2/h3-7,16H,8-9H2,1-2H3,(H,17,18). The molecule has 0 amide bonds. The van der Waals surface area contributed by atoms with Crippen LogP contribution in [0.2, 0.25) is 0 Å². The Morgan fingerprint density at radius 3 is 2.85 bits per heavy atom. The topological polar surface area (TPSA) is 71.7 Å². The number of carboxylic acid groups (broad SMARTS) is 1. The summed E-state index contributed by atoms with van der Waals surface area (Å²) in [4.78, 5) is 10.9. The molecule has 106 valence electrons. The van der Waals surface area contributed by atoms with Gasteiger partial charge in [0.15, 0.2) is 0 Å². The first-order valence-electron chi connectivity index (χ1n) is 6.24. The van der Waals surface area contributed by atoms with Gasteiger partial charge in [-0.1, -0.05) is 12.1 Å². The van der Waals surface area contributed by atoms with Gasteiger partial charge in [0, 0.05) is 12.8 Å². The Balaban J connectivity index is 2.03. The second-order valence-corrected chi connectivity index (χ2v) is 4.47. The van der Waals surface area contributed by atoms with Gasteiger partial charge in [-0.05, 0) is 30.7 Å². The van der Waals surface area contributed by atoms with Crippen LogP contribution in [0, 0.1) is 6.92 Å². The third kappa shape index (κ3) is 3.39. The molecule has 1 heterocycles. The number of methoxy groups -OCH3 is 1. The van der Waals surface area contributed by atoms with E-state index in [1.54, 1.807) is 20.1 Å². The fourth-order valence-electron chi connectivity index (χ4n) is 1.97. The Labute approximate surface area is 117 Å². The molecule has 0 radical (unpaired) electrons. The molecule has 0 unspecified atom stereocenters. The van der Waals surface area contributed by atoms with Crippen LogP contribution in [-0.4, -0.2) is 18.2 Å². The Morgan fingerprint density at radius 2 is 2.20 bits per heavy atom. The summed E-state index contributed by atoms with van der Waals surface area (Å²) in [5.41, 5.74) is 2.21. The number of aromatic carboxylic acids is 1. The zero-order chi connectivity index (χ0) is 14.5. The molecule has 0 aliphatic heterocycles. The molecule has 0 atom stereocenters. The average Bonchev–Trinajstić information content (AvgIpc) is 2.79. The van der Waals surface area contributed by atoms with E-state index in [0.29, 0.717) is 24.7 Å². The van der Waals surface area contributed by atoms with Gasteiger partial charge < -0.3 is 19.6 Å². The number of anilines is 1. The molecule has 1 aromatic carbocycles. The van der Waals surface area contributed by atoms with E-state index in [9.17, 15) is 4.79 Å². The van der Waals surface area contributed by atoms with Crippen LogP contribution in [0.15, 0.2) is 34.7 Å². The Hall–Kier alpha value is -2.27. The van der Waals surface area contributed by atoms with E-state index in [1.165, 1.54) is 0 Å². The summed E-state index contributed by atoms with van der Waals surface area (Å²) in [7, 11) is 1.65. The van der Waals surface area contributed by atoms with Gasteiger partial charge in [-0.15, -0.1) is 0 Å². The normalized spacial score (nSPS) is 10.5. The number of benzene rings is 1. The van der Waals surface area contributed by atoms with Crippen molar-refractivity contribution in [3.05, 3.63) is 53.0 Å². The number of aryl methyl sites for hydroxylation is 1. The molecule has 0 bridgehead atoms. The first-order chi connectivity index (χ1) is 9.60. The van der Waals surface area contributed by atoms with Gasteiger partial charge in [-0.3, -0.25) is 0 Å². The molecule has 0 fully saturated rings. The van der Waals surface area contributed by atoms with E-state index in [1.807, 2.05) is 24.3 Å². The van der Waals surface area contributed by atoms with Crippen LogP contribution in [0.4, 0.5) is 5.69 Å². The summed E-state index contributed by atoms with van der Waals surface area (Å²) in [5, 5.41) is 12.2. The van der Waals surface area contributed by atoms with E-state index in [4.69, 9.17) is 14.3 Å². The highest BCUT2D eigenvalue weighted by molar-refractivity contribution is 5.88. The monoisotopic (exact) mass is 275 g/mol. The largest absolute Gasteiger partial charge is 0.478 e. The second-order valence-electron chi connectivity index (χ2n) is 4.47. The predicted octanol–water partition coefficient (Wildman–Crippen LogP) is 3.04. The quantitative estimate of drug-likeness (QED) is 0.847. The molecule has 2 rings (SSSR count). The molecule has 20 heavy (non-hydrogen) atoms. The Morgan fingerprint density at radius 1 is 1.40 bits per heavy atom. The van der Waals surface area contributed by atoms with Gasteiger partial charge in [0.2, 0.25) is 0 Å². The van der Waals surface area contributed by atoms with Crippen molar-refractivity contribution < 1.29 is 19.1 Å². The van der Waals surface area contributed by atoms with Crippen LogP contribution in [-0.2, 0) is 17.9 Å². The highest BCUT2D eigenvalue weighted by atomic mass is 16.5. The molecule has 0 spiro atoms. The third-order valence-corrected chi connectivity index (χ3v) is 2.90. The minimum Gasteiger partial charge on any atom is -0.478 e. The molecule has 0 saturated carbocycles. The minimum absolute atomic E-state index is 0.204. The average molecular weight is 275 g/mol. The van der Waals surface area contributed by atoms with Gasteiger partial charge >= 0.3 is 5.97 Å². The van der Waals surface area contributed by atoms with E-state index in [-0.39, 0.29) is 5.56 Å². The van der Waals surface area contributed by atoms with Crippen LogP contribution in [0.25, 0.3) is 0 Å². The first kappa shape index (κ1) is 14.1. The number of carbonyl (C=O) groups is 1. The maximum absolute atomic E-state index is 10.9. The lowest BCUT2D eigenvalue weighted by Gasteiger charge is -2.06. The second kappa shape index (κ2) is 6.25. The summed E-state index contributed by atoms with van der Waals surface area (Å²) in [6.45, 7) is 2.63. The molecule has 0 saturated heterocycles. The maximum atomic E-state index is 10.9. The summed E-state index contributed by atoms with van der Waals surface area (Å²) < 4.78 is 10.5. The molecule has 5 nitrogen and oxygen atoms in total. The Kier molecular flexibility index (Phi) is 4.42. The van der Waals surface area contributed by atoms with Crippen molar-refractivity contribution >= 4 is 11.7 Å². The van der Waals surface area contributed by atoms with Crippen LogP contribution in [0.1, 0.15) is 27.4 Å². The lowest BCUT2D eigenvalue weighted by Crippen LogP contribution is -1.99. The minimum atomic E-state index is -0.973. The molecule has 0 aliphatic carbocycles. The number of hydrogen-bond donors (Lipinski definition) is 2. The molecular weight excluding hydrogens is 258 g/mol. The number of rotatable bonds is 6. The van der Waals surface area contributed by atoms with Crippen molar-refractivity contribution in [2.75, 3.05) is 12.4 Å². The van der Waals surface area contributed by atoms with Crippen molar-refractivity contribution in [2.45, 2.75) is 20.1 Å². The third-order valence-electron chi connectivity index (χ3n) is 2.90. The van der Waals surface area contributed by atoms with E-state index < -0.39 is 5.97 Å². The lowest BCUT2D eigenvalue weighted by molar-refractivity contribution is 0.0695. The van der Waals surface area contributed by atoms with E-state index in [0.717, 1.165) is 11.3 Å². The predicted molar refractivity (Wildman–Crippen MR) is 74.9 cm³/mol. The first-order valence-corrected chi connectivity index (χ1v) is 6.24. The summed E-state index contributed by atoms with van der Waals surface area (Å²) in [5.74, 6) is 0.0408. The van der Waals surface area contributed by atoms with Crippen LogP contribution < -0.4 is 5.32 Å². The Bertz CT molecular complexity index is 604. The number of nitrogens with one attached hydrogen (secondary N) is 1.